The van der Waals surface area contributed by atoms with E-state index < -0.39 is 0 Å². The second kappa shape index (κ2) is 5.74. The van der Waals surface area contributed by atoms with E-state index in [0.717, 1.165) is 11.4 Å². The average Bonchev–Trinajstić information content (AvgIpc) is 2.60. The molecule has 0 aliphatic heterocycles. The van der Waals surface area contributed by atoms with E-state index in [4.69, 9.17) is 10.6 Å². The molecular weight excluding hydrogens is 198 g/mol. The number of thiophene rings is 1. The average molecular weight is 213 g/mol. The van der Waals surface area contributed by atoms with Crippen molar-refractivity contribution in [3.8, 4) is 0 Å². The summed E-state index contributed by atoms with van der Waals surface area (Å²) >= 11 is 1.64. The lowest BCUT2D eigenvalue weighted by Crippen LogP contribution is -2.31. The van der Waals surface area contributed by atoms with Crippen molar-refractivity contribution in [3.05, 3.63) is 21.9 Å². The molecule has 4 nitrogen and oxygen atoms in total. The van der Waals surface area contributed by atoms with Crippen LogP contribution in [0, 0.1) is 6.92 Å². The molecule has 5 heteroatoms. The Bertz CT molecular complexity index is 309. The van der Waals surface area contributed by atoms with Crippen molar-refractivity contribution in [2.75, 3.05) is 20.3 Å². The summed E-state index contributed by atoms with van der Waals surface area (Å²) in [6.07, 6.45) is 0. The lowest BCUT2D eigenvalue weighted by Gasteiger charge is -2.04. The minimum atomic E-state index is 0.606. The Morgan fingerprint density at radius 1 is 1.64 bits per heavy atom. The summed E-state index contributed by atoms with van der Waals surface area (Å²) in [5, 5.41) is 4.10. The molecule has 0 aliphatic rings. The molecule has 0 amide bonds. The minimum Gasteiger partial charge on any atom is -0.383 e. The Labute approximate surface area is 87.8 Å². The SMILES string of the molecule is COCCN=C(NN)c1cscc1C. The zero-order valence-corrected chi connectivity index (χ0v) is 9.23. The molecule has 0 bridgehead atoms. The third-order valence-corrected chi connectivity index (χ3v) is 2.67. The topological polar surface area (TPSA) is 59.6 Å². The molecular formula is C9H15N3OS. The van der Waals surface area contributed by atoms with Crippen molar-refractivity contribution in [1.29, 1.82) is 0 Å². The summed E-state index contributed by atoms with van der Waals surface area (Å²) in [5.74, 6) is 6.12. The monoisotopic (exact) mass is 213 g/mol. The first kappa shape index (κ1) is 11.2. The summed E-state index contributed by atoms with van der Waals surface area (Å²) in [4.78, 5) is 4.30. The number of ether oxygens (including phenoxy) is 1. The van der Waals surface area contributed by atoms with E-state index in [1.165, 1.54) is 5.56 Å². The van der Waals surface area contributed by atoms with Crippen molar-refractivity contribution in [2.24, 2.45) is 10.8 Å². The van der Waals surface area contributed by atoms with Gasteiger partial charge in [-0.1, -0.05) is 0 Å². The number of methoxy groups -OCH3 is 1. The molecule has 78 valence electrons. The Balaban J connectivity index is 2.71. The van der Waals surface area contributed by atoms with Gasteiger partial charge in [0.2, 0.25) is 0 Å². The first-order valence-electron chi connectivity index (χ1n) is 4.32. The van der Waals surface area contributed by atoms with E-state index in [0.29, 0.717) is 13.2 Å². The molecule has 0 atom stereocenters. The van der Waals surface area contributed by atoms with Gasteiger partial charge in [0.25, 0.3) is 0 Å². The van der Waals surface area contributed by atoms with E-state index in [9.17, 15) is 0 Å². The maximum atomic E-state index is 5.40. The van der Waals surface area contributed by atoms with Crippen LogP contribution in [0.2, 0.25) is 0 Å². The van der Waals surface area contributed by atoms with E-state index >= 15 is 0 Å². The van der Waals surface area contributed by atoms with Crippen LogP contribution in [0.5, 0.6) is 0 Å². The van der Waals surface area contributed by atoms with Gasteiger partial charge in [0, 0.05) is 18.1 Å². The molecule has 0 saturated carbocycles. The summed E-state index contributed by atoms with van der Waals surface area (Å²) in [6, 6.07) is 0. The van der Waals surface area contributed by atoms with Crippen LogP contribution in [0.4, 0.5) is 0 Å². The van der Waals surface area contributed by atoms with E-state index in [-0.39, 0.29) is 0 Å². The van der Waals surface area contributed by atoms with Crippen LogP contribution in [0.15, 0.2) is 15.8 Å². The fourth-order valence-electron chi connectivity index (χ4n) is 1.06. The molecule has 0 saturated heterocycles. The van der Waals surface area contributed by atoms with Crippen LogP contribution in [-0.2, 0) is 4.74 Å². The highest BCUT2D eigenvalue weighted by molar-refractivity contribution is 7.08. The number of amidine groups is 1. The Kier molecular flexibility index (Phi) is 4.58. The van der Waals surface area contributed by atoms with Gasteiger partial charge in [-0.15, -0.1) is 0 Å². The highest BCUT2D eigenvalue weighted by atomic mass is 32.1. The molecule has 1 aromatic heterocycles. The Morgan fingerprint density at radius 2 is 2.43 bits per heavy atom. The van der Waals surface area contributed by atoms with Gasteiger partial charge in [0.1, 0.15) is 5.84 Å². The lowest BCUT2D eigenvalue weighted by atomic mass is 10.2. The molecule has 0 aromatic carbocycles. The predicted molar refractivity (Wildman–Crippen MR) is 59.7 cm³/mol. The molecule has 14 heavy (non-hydrogen) atoms. The number of aliphatic imine (C=N–C) groups is 1. The number of hydrazine groups is 1. The fourth-order valence-corrected chi connectivity index (χ4v) is 1.89. The number of nitrogens with one attached hydrogen (secondary N) is 1. The van der Waals surface area contributed by atoms with Crippen LogP contribution < -0.4 is 11.3 Å². The number of nitrogens with two attached hydrogens (primary N) is 1. The largest absolute Gasteiger partial charge is 0.383 e. The minimum absolute atomic E-state index is 0.606. The molecule has 0 aliphatic carbocycles. The van der Waals surface area contributed by atoms with Gasteiger partial charge >= 0.3 is 0 Å². The quantitative estimate of drug-likeness (QED) is 0.257. The first-order valence-corrected chi connectivity index (χ1v) is 5.27. The number of hydrogen-bond donors (Lipinski definition) is 2. The standard InChI is InChI=1S/C9H15N3OS/c1-7-5-14-6-8(7)9(12-10)11-3-4-13-2/h5-6H,3-4,10H2,1-2H3,(H,11,12). The first-order chi connectivity index (χ1) is 6.79. The van der Waals surface area contributed by atoms with Gasteiger partial charge in [0.05, 0.1) is 13.2 Å². The maximum absolute atomic E-state index is 5.40. The number of nitrogens with zero attached hydrogens (tertiary/aromatic N) is 1. The predicted octanol–water partition coefficient (Wildman–Crippen LogP) is 0.913. The number of rotatable bonds is 4. The van der Waals surface area contributed by atoms with Crippen molar-refractivity contribution in [3.63, 3.8) is 0 Å². The van der Waals surface area contributed by atoms with Crippen LogP contribution >= 0.6 is 11.3 Å². The van der Waals surface area contributed by atoms with Crippen LogP contribution in [0.1, 0.15) is 11.1 Å². The van der Waals surface area contributed by atoms with E-state index in [1.54, 1.807) is 18.4 Å². The summed E-state index contributed by atoms with van der Waals surface area (Å²) < 4.78 is 4.91. The molecule has 0 fully saturated rings. The van der Waals surface area contributed by atoms with Gasteiger partial charge in [-0.2, -0.15) is 11.3 Å². The van der Waals surface area contributed by atoms with Crippen molar-refractivity contribution in [1.82, 2.24) is 5.43 Å². The van der Waals surface area contributed by atoms with Crippen molar-refractivity contribution >= 4 is 17.2 Å². The second-order valence-corrected chi connectivity index (χ2v) is 3.58. The normalized spacial score (nSPS) is 11.8. The molecule has 0 radical (unpaired) electrons. The van der Waals surface area contributed by atoms with E-state index in [1.807, 2.05) is 12.3 Å². The molecule has 1 rings (SSSR count). The molecule has 3 N–H and O–H groups in total. The number of hydrogen-bond acceptors (Lipinski definition) is 4. The highest BCUT2D eigenvalue weighted by Crippen LogP contribution is 2.13. The molecule has 1 heterocycles. The maximum Gasteiger partial charge on any atom is 0.143 e. The summed E-state index contributed by atoms with van der Waals surface area (Å²) in [5.41, 5.74) is 4.85. The highest BCUT2D eigenvalue weighted by Gasteiger charge is 2.05. The van der Waals surface area contributed by atoms with Crippen molar-refractivity contribution in [2.45, 2.75) is 6.92 Å². The smallest absolute Gasteiger partial charge is 0.143 e. The van der Waals surface area contributed by atoms with Crippen LogP contribution in [0.3, 0.4) is 0 Å². The summed E-state index contributed by atoms with van der Waals surface area (Å²) in [7, 11) is 1.65. The lowest BCUT2D eigenvalue weighted by molar-refractivity contribution is 0.208. The Morgan fingerprint density at radius 3 is 2.93 bits per heavy atom. The zero-order chi connectivity index (χ0) is 10.4. The second-order valence-electron chi connectivity index (χ2n) is 2.84. The zero-order valence-electron chi connectivity index (χ0n) is 8.41. The molecule has 1 aromatic rings. The molecule has 0 spiro atoms. The fraction of sp³-hybridized carbons (Fsp3) is 0.444. The summed E-state index contributed by atoms with van der Waals surface area (Å²) in [6.45, 7) is 3.26. The Hall–Kier alpha value is -0.910. The third kappa shape index (κ3) is 2.80. The van der Waals surface area contributed by atoms with Gasteiger partial charge in [-0.3, -0.25) is 4.99 Å². The van der Waals surface area contributed by atoms with Gasteiger partial charge in [0.15, 0.2) is 0 Å². The molecule has 0 unspecified atom stereocenters. The van der Waals surface area contributed by atoms with Crippen LogP contribution in [0.25, 0.3) is 0 Å². The number of aryl methyl sites for hydroxylation is 1. The van der Waals surface area contributed by atoms with Gasteiger partial charge in [-0.25, -0.2) is 5.84 Å². The van der Waals surface area contributed by atoms with E-state index in [2.05, 4.69) is 15.8 Å². The van der Waals surface area contributed by atoms with Crippen molar-refractivity contribution < 1.29 is 4.74 Å². The van der Waals surface area contributed by atoms with Crippen LogP contribution in [-0.4, -0.2) is 26.1 Å². The third-order valence-electron chi connectivity index (χ3n) is 1.81. The van der Waals surface area contributed by atoms with Gasteiger partial charge in [-0.05, 0) is 17.9 Å². The van der Waals surface area contributed by atoms with Gasteiger partial charge < -0.3 is 10.2 Å².